The molecule has 2 heterocycles. The highest BCUT2D eigenvalue weighted by Crippen LogP contribution is 2.26. The lowest BCUT2D eigenvalue weighted by Crippen LogP contribution is -2.28. The lowest BCUT2D eigenvalue weighted by molar-refractivity contribution is 0.102. The zero-order valence-corrected chi connectivity index (χ0v) is 17.3. The number of unbranched alkanes of at least 4 members (excludes halogenated alkanes) is 1. The molecule has 0 spiro atoms. The summed E-state index contributed by atoms with van der Waals surface area (Å²) < 4.78 is 26.9. The predicted molar refractivity (Wildman–Crippen MR) is 106 cm³/mol. The standard InChI is InChI=1S/C17H21ClN4O3S2/c1-2-3-6-15-20-21-17(26-15)19-16(23)13-11-12(7-8-14(13)18)27(24,25)22-9-4-5-10-22/h7-8,11H,2-6,9-10H2,1H3,(H,19,21,23). The molecule has 1 aliphatic rings. The van der Waals surface area contributed by atoms with Crippen molar-refractivity contribution in [2.24, 2.45) is 0 Å². The summed E-state index contributed by atoms with van der Waals surface area (Å²) >= 11 is 7.45. The zero-order valence-electron chi connectivity index (χ0n) is 14.9. The number of carbonyl (C=O) groups excluding carboxylic acids is 1. The van der Waals surface area contributed by atoms with Gasteiger partial charge in [-0.25, -0.2) is 8.42 Å². The molecule has 0 bridgehead atoms. The third-order valence-corrected chi connectivity index (χ3v) is 7.44. The maximum absolute atomic E-state index is 12.7. The molecule has 1 saturated heterocycles. The second kappa shape index (κ2) is 8.64. The lowest BCUT2D eigenvalue weighted by Gasteiger charge is -2.16. The molecule has 7 nitrogen and oxygen atoms in total. The average Bonchev–Trinajstić information content (AvgIpc) is 3.32. The Balaban J connectivity index is 1.79. The predicted octanol–water partition coefficient (Wildman–Crippen LogP) is 3.57. The molecule has 10 heteroatoms. The molecule has 0 aliphatic carbocycles. The maximum Gasteiger partial charge on any atom is 0.259 e. The van der Waals surface area contributed by atoms with Crippen LogP contribution in [0.25, 0.3) is 0 Å². The number of carbonyl (C=O) groups is 1. The average molecular weight is 429 g/mol. The van der Waals surface area contributed by atoms with E-state index in [2.05, 4.69) is 22.4 Å². The highest BCUT2D eigenvalue weighted by Gasteiger charge is 2.28. The Bertz CT molecular complexity index is 924. The Labute approximate surface area is 167 Å². The molecule has 2 aromatic rings. The number of benzene rings is 1. The van der Waals surface area contributed by atoms with Crippen molar-refractivity contribution >= 4 is 44.0 Å². The van der Waals surface area contributed by atoms with Gasteiger partial charge >= 0.3 is 0 Å². The summed E-state index contributed by atoms with van der Waals surface area (Å²) in [4.78, 5) is 12.7. The van der Waals surface area contributed by atoms with Gasteiger partial charge in [0.25, 0.3) is 5.91 Å². The van der Waals surface area contributed by atoms with Crippen molar-refractivity contribution in [1.29, 1.82) is 0 Å². The minimum Gasteiger partial charge on any atom is -0.296 e. The number of aromatic nitrogens is 2. The molecule has 0 unspecified atom stereocenters. The Hall–Kier alpha value is -1.55. The normalized spacial score (nSPS) is 15.2. The highest BCUT2D eigenvalue weighted by molar-refractivity contribution is 7.89. The van der Waals surface area contributed by atoms with Gasteiger partial charge in [0.1, 0.15) is 5.01 Å². The summed E-state index contributed by atoms with van der Waals surface area (Å²) in [6.07, 6.45) is 4.56. The molecule has 0 atom stereocenters. The molecular formula is C17H21ClN4O3S2. The van der Waals surface area contributed by atoms with E-state index >= 15 is 0 Å². The van der Waals surface area contributed by atoms with Crippen molar-refractivity contribution < 1.29 is 13.2 Å². The Morgan fingerprint density at radius 3 is 2.74 bits per heavy atom. The van der Waals surface area contributed by atoms with Crippen LogP contribution in [-0.4, -0.2) is 41.9 Å². The van der Waals surface area contributed by atoms with E-state index in [1.165, 1.54) is 33.8 Å². The molecule has 1 N–H and O–H groups in total. The van der Waals surface area contributed by atoms with Gasteiger partial charge in [0.2, 0.25) is 15.2 Å². The number of anilines is 1. The van der Waals surface area contributed by atoms with Crippen LogP contribution in [0.3, 0.4) is 0 Å². The lowest BCUT2D eigenvalue weighted by atomic mass is 10.2. The van der Waals surface area contributed by atoms with E-state index < -0.39 is 15.9 Å². The monoisotopic (exact) mass is 428 g/mol. The Morgan fingerprint density at radius 1 is 1.30 bits per heavy atom. The number of aryl methyl sites for hydroxylation is 1. The molecule has 1 aromatic carbocycles. The van der Waals surface area contributed by atoms with Crippen molar-refractivity contribution in [2.75, 3.05) is 18.4 Å². The van der Waals surface area contributed by atoms with Gasteiger partial charge in [0.05, 0.1) is 15.5 Å². The van der Waals surface area contributed by atoms with Gasteiger partial charge in [-0.3, -0.25) is 10.1 Å². The van der Waals surface area contributed by atoms with Gasteiger partial charge in [0, 0.05) is 19.5 Å². The Morgan fingerprint density at radius 2 is 2.04 bits per heavy atom. The fourth-order valence-corrected chi connectivity index (χ4v) is 5.34. The number of amides is 1. The summed E-state index contributed by atoms with van der Waals surface area (Å²) in [6.45, 7) is 3.09. The summed E-state index contributed by atoms with van der Waals surface area (Å²) in [5, 5.41) is 12.1. The number of nitrogens with zero attached hydrogens (tertiary/aromatic N) is 3. The van der Waals surface area contributed by atoms with Gasteiger partial charge in [-0.1, -0.05) is 36.3 Å². The molecular weight excluding hydrogens is 408 g/mol. The van der Waals surface area contributed by atoms with Crippen LogP contribution in [0.2, 0.25) is 5.02 Å². The zero-order chi connectivity index (χ0) is 19.4. The number of halogens is 1. The number of rotatable bonds is 7. The van der Waals surface area contributed by atoms with Crippen molar-refractivity contribution in [1.82, 2.24) is 14.5 Å². The molecule has 146 valence electrons. The van der Waals surface area contributed by atoms with Gasteiger partial charge < -0.3 is 0 Å². The molecule has 1 aromatic heterocycles. The fourth-order valence-electron chi connectivity index (χ4n) is 2.81. The van der Waals surface area contributed by atoms with E-state index in [9.17, 15) is 13.2 Å². The molecule has 0 radical (unpaired) electrons. The first kappa shape index (κ1) is 20.2. The first-order valence-electron chi connectivity index (χ1n) is 8.85. The largest absolute Gasteiger partial charge is 0.296 e. The molecule has 1 aliphatic heterocycles. The fraction of sp³-hybridized carbons (Fsp3) is 0.471. The van der Waals surface area contributed by atoms with Crippen LogP contribution >= 0.6 is 22.9 Å². The number of sulfonamides is 1. The summed E-state index contributed by atoms with van der Waals surface area (Å²) in [7, 11) is -3.62. The van der Waals surface area contributed by atoms with Crippen LogP contribution in [0.1, 0.15) is 48.0 Å². The second-order valence-electron chi connectivity index (χ2n) is 6.31. The molecule has 1 amide bonds. The van der Waals surface area contributed by atoms with Gasteiger partial charge in [-0.15, -0.1) is 10.2 Å². The van der Waals surface area contributed by atoms with E-state index in [0.717, 1.165) is 37.1 Å². The molecule has 3 rings (SSSR count). The van der Waals surface area contributed by atoms with E-state index in [-0.39, 0.29) is 15.5 Å². The van der Waals surface area contributed by atoms with E-state index in [0.29, 0.717) is 18.2 Å². The highest BCUT2D eigenvalue weighted by atomic mass is 35.5. The van der Waals surface area contributed by atoms with E-state index in [4.69, 9.17) is 11.6 Å². The second-order valence-corrected chi connectivity index (χ2v) is 9.72. The van der Waals surface area contributed by atoms with Crippen LogP contribution in [0.4, 0.5) is 5.13 Å². The third-order valence-electron chi connectivity index (χ3n) is 4.32. The first-order valence-corrected chi connectivity index (χ1v) is 11.5. The third kappa shape index (κ3) is 4.66. The van der Waals surface area contributed by atoms with Crippen molar-refractivity contribution in [2.45, 2.75) is 43.9 Å². The minimum absolute atomic E-state index is 0.0693. The minimum atomic E-state index is -3.62. The molecule has 27 heavy (non-hydrogen) atoms. The molecule has 0 saturated carbocycles. The van der Waals surface area contributed by atoms with E-state index in [1.807, 2.05) is 0 Å². The number of hydrogen-bond donors (Lipinski definition) is 1. The number of nitrogens with one attached hydrogen (secondary N) is 1. The summed E-state index contributed by atoms with van der Waals surface area (Å²) in [5.74, 6) is -0.503. The van der Waals surface area contributed by atoms with Gasteiger partial charge in [0.15, 0.2) is 0 Å². The van der Waals surface area contributed by atoms with Crippen LogP contribution in [0.5, 0.6) is 0 Å². The topological polar surface area (TPSA) is 92.3 Å². The van der Waals surface area contributed by atoms with Crippen molar-refractivity contribution in [3.63, 3.8) is 0 Å². The van der Waals surface area contributed by atoms with Crippen LogP contribution in [0.15, 0.2) is 23.1 Å². The van der Waals surface area contributed by atoms with Crippen molar-refractivity contribution in [3.05, 3.63) is 33.8 Å². The molecule has 1 fully saturated rings. The van der Waals surface area contributed by atoms with Gasteiger partial charge in [-0.2, -0.15) is 4.31 Å². The summed E-state index contributed by atoms with van der Waals surface area (Å²) in [6, 6.07) is 4.19. The van der Waals surface area contributed by atoms with Crippen molar-refractivity contribution in [3.8, 4) is 0 Å². The first-order chi connectivity index (χ1) is 12.9. The van der Waals surface area contributed by atoms with Crippen LogP contribution in [0, 0.1) is 0 Å². The number of hydrogen-bond acceptors (Lipinski definition) is 6. The maximum atomic E-state index is 12.7. The van der Waals surface area contributed by atoms with Gasteiger partial charge in [-0.05, 0) is 37.5 Å². The SMILES string of the molecule is CCCCc1nnc(NC(=O)c2cc(S(=O)(=O)N3CCCC3)ccc2Cl)s1. The van der Waals surface area contributed by atoms with E-state index in [1.54, 1.807) is 0 Å². The quantitative estimate of drug-likeness (QED) is 0.727. The smallest absolute Gasteiger partial charge is 0.259 e. The summed E-state index contributed by atoms with van der Waals surface area (Å²) in [5.41, 5.74) is 0.0993. The van der Waals surface area contributed by atoms with Crippen LogP contribution < -0.4 is 5.32 Å². The van der Waals surface area contributed by atoms with Crippen LogP contribution in [-0.2, 0) is 16.4 Å². The Kier molecular flexibility index (Phi) is 6.46.